The Bertz CT molecular complexity index is 305. The lowest BCUT2D eigenvalue weighted by atomic mass is 10.0. The number of hydrogen-bond acceptors (Lipinski definition) is 3. The Labute approximate surface area is 109 Å². The van der Waals surface area contributed by atoms with Crippen molar-refractivity contribution in [3.8, 4) is 0 Å². The van der Waals surface area contributed by atoms with Crippen LogP contribution < -0.4 is 5.32 Å². The van der Waals surface area contributed by atoms with Crippen LogP contribution in [0.4, 0.5) is 0 Å². The first kappa shape index (κ1) is 15.0. The average Bonchev–Trinajstić information content (AvgIpc) is 2.62. The summed E-state index contributed by atoms with van der Waals surface area (Å²) in [7, 11) is 0. The van der Waals surface area contributed by atoms with E-state index >= 15 is 0 Å². The van der Waals surface area contributed by atoms with Crippen molar-refractivity contribution in [1.29, 1.82) is 0 Å². The molecule has 2 N–H and O–H groups in total. The summed E-state index contributed by atoms with van der Waals surface area (Å²) >= 11 is 0. The first-order valence-electron chi connectivity index (χ1n) is 6.66. The molecule has 1 aliphatic heterocycles. The molecule has 1 unspecified atom stereocenters. The minimum absolute atomic E-state index is 0.184. The Morgan fingerprint density at radius 1 is 1.44 bits per heavy atom. The summed E-state index contributed by atoms with van der Waals surface area (Å²) in [5, 5.41) is 11.7. The number of nitrogens with zero attached hydrogens (tertiary/aromatic N) is 1. The quantitative estimate of drug-likeness (QED) is 0.746. The van der Waals surface area contributed by atoms with E-state index in [1.54, 1.807) is 0 Å². The van der Waals surface area contributed by atoms with Gasteiger partial charge in [-0.1, -0.05) is 13.8 Å². The van der Waals surface area contributed by atoms with Crippen LogP contribution in [0.1, 0.15) is 40.0 Å². The van der Waals surface area contributed by atoms with Crippen LogP contribution in [0.25, 0.3) is 0 Å². The summed E-state index contributed by atoms with van der Waals surface area (Å²) in [6, 6.07) is -0.348. The molecule has 0 aromatic heterocycles. The van der Waals surface area contributed by atoms with Crippen LogP contribution in [0.15, 0.2) is 0 Å². The Kier molecular flexibility index (Phi) is 5.59. The molecule has 18 heavy (non-hydrogen) atoms. The van der Waals surface area contributed by atoms with Crippen molar-refractivity contribution in [2.45, 2.75) is 52.1 Å². The highest BCUT2D eigenvalue weighted by Crippen LogP contribution is 2.15. The van der Waals surface area contributed by atoms with Crippen molar-refractivity contribution < 1.29 is 14.7 Å². The number of carboxylic acid groups (broad SMARTS) is 1. The third kappa shape index (κ3) is 4.64. The highest BCUT2D eigenvalue weighted by molar-refractivity contribution is 5.84. The van der Waals surface area contributed by atoms with Crippen molar-refractivity contribution in [1.82, 2.24) is 10.2 Å². The van der Waals surface area contributed by atoms with Gasteiger partial charge in [0.05, 0.1) is 6.54 Å². The van der Waals surface area contributed by atoms with Crippen LogP contribution >= 0.6 is 0 Å². The van der Waals surface area contributed by atoms with E-state index in [2.05, 4.69) is 17.1 Å². The maximum absolute atomic E-state index is 11.8. The second-order valence-electron chi connectivity index (χ2n) is 5.55. The predicted molar refractivity (Wildman–Crippen MR) is 69.3 cm³/mol. The summed E-state index contributed by atoms with van der Waals surface area (Å²) in [5.41, 5.74) is 0. The van der Waals surface area contributed by atoms with Gasteiger partial charge in [0.15, 0.2) is 0 Å². The van der Waals surface area contributed by atoms with Crippen molar-refractivity contribution in [3.63, 3.8) is 0 Å². The normalized spacial score (nSPS) is 22.1. The highest BCUT2D eigenvalue weighted by Gasteiger charge is 2.25. The van der Waals surface area contributed by atoms with Gasteiger partial charge in [0.1, 0.15) is 6.04 Å². The van der Waals surface area contributed by atoms with Crippen LogP contribution in [-0.2, 0) is 9.59 Å². The molecule has 104 valence electrons. The molecule has 0 spiro atoms. The Morgan fingerprint density at radius 3 is 2.56 bits per heavy atom. The van der Waals surface area contributed by atoms with Crippen LogP contribution in [0, 0.1) is 5.92 Å². The molecular weight excluding hydrogens is 232 g/mol. The molecule has 5 heteroatoms. The number of amides is 1. The van der Waals surface area contributed by atoms with Gasteiger partial charge in [0.2, 0.25) is 5.91 Å². The van der Waals surface area contributed by atoms with E-state index in [1.165, 1.54) is 0 Å². The van der Waals surface area contributed by atoms with E-state index in [9.17, 15) is 9.59 Å². The summed E-state index contributed by atoms with van der Waals surface area (Å²) < 4.78 is 0. The molecule has 0 bridgehead atoms. The molecule has 0 aliphatic carbocycles. The van der Waals surface area contributed by atoms with Crippen LogP contribution in [-0.4, -0.2) is 47.1 Å². The van der Waals surface area contributed by atoms with Gasteiger partial charge in [-0.25, -0.2) is 4.79 Å². The van der Waals surface area contributed by atoms with Gasteiger partial charge in [-0.2, -0.15) is 0 Å². The standard InChI is InChI=1S/C13H24N2O3/c1-9(2)7-11(13(17)18)14-12(16)8-15-6-4-5-10(15)3/h9-11H,4-8H2,1-3H3,(H,14,16)(H,17,18)/t10?,11-/m0/s1. The minimum Gasteiger partial charge on any atom is -0.480 e. The second-order valence-corrected chi connectivity index (χ2v) is 5.55. The van der Waals surface area contributed by atoms with Crippen molar-refractivity contribution in [2.75, 3.05) is 13.1 Å². The summed E-state index contributed by atoms with van der Waals surface area (Å²) in [6.45, 7) is 7.23. The minimum atomic E-state index is -0.952. The molecule has 0 saturated carbocycles. The topological polar surface area (TPSA) is 69.6 Å². The lowest BCUT2D eigenvalue weighted by Gasteiger charge is -2.22. The fraction of sp³-hybridized carbons (Fsp3) is 0.846. The summed E-state index contributed by atoms with van der Waals surface area (Å²) in [6.07, 6.45) is 2.70. The zero-order chi connectivity index (χ0) is 13.7. The number of carbonyl (C=O) groups excluding carboxylic acids is 1. The third-order valence-corrected chi connectivity index (χ3v) is 3.38. The van der Waals surface area contributed by atoms with Crippen molar-refractivity contribution in [3.05, 3.63) is 0 Å². The van der Waals surface area contributed by atoms with Crippen LogP contribution in [0.5, 0.6) is 0 Å². The number of rotatable bonds is 6. The Balaban J connectivity index is 2.43. The number of carboxylic acids is 1. The summed E-state index contributed by atoms with van der Waals surface area (Å²) in [4.78, 5) is 25.0. The first-order valence-corrected chi connectivity index (χ1v) is 6.66. The Hall–Kier alpha value is -1.10. The van der Waals surface area contributed by atoms with E-state index in [0.29, 0.717) is 19.0 Å². The van der Waals surface area contributed by atoms with E-state index in [1.807, 2.05) is 13.8 Å². The molecule has 0 radical (unpaired) electrons. The molecule has 1 heterocycles. The second kappa shape index (κ2) is 6.73. The monoisotopic (exact) mass is 256 g/mol. The maximum Gasteiger partial charge on any atom is 0.326 e. The SMILES string of the molecule is CC(C)C[C@H](NC(=O)CN1CCCC1C)C(=O)O. The number of carbonyl (C=O) groups is 2. The van der Waals surface area contributed by atoms with Gasteiger partial charge < -0.3 is 10.4 Å². The number of aliphatic carboxylic acids is 1. The third-order valence-electron chi connectivity index (χ3n) is 3.38. The maximum atomic E-state index is 11.8. The highest BCUT2D eigenvalue weighted by atomic mass is 16.4. The van der Waals surface area contributed by atoms with Crippen LogP contribution in [0.2, 0.25) is 0 Å². The fourth-order valence-corrected chi connectivity index (χ4v) is 2.34. The van der Waals surface area contributed by atoms with Gasteiger partial charge in [-0.3, -0.25) is 9.69 Å². The molecule has 5 nitrogen and oxygen atoms in total. The van der Waals surface area contributed by atoms with Crippen molar-refractivity contribution >= 4 is 11.9 Å². The van der Waals surface area contributed by atoms with E-state index in [0.717, 1.165) is 19.4 Å². The molecule has 1 amide bonds. The van der Waals surface area contributed by atoms with Gasteiger partial charge in [0, 0.05) is 6.04 Å². The van der Waals surface area contributed by atoms with E-state index in [-0.39, 0.29) is 11.8 Å². The van der Waals surface area contributed by atoms with Gasteiger partial charge >= 0.3 is 5.97 Å². The number of nitrogens with one attached hydrogen (secondary N) is 1. The van der Waals surface area contributed by atoms with E-state index in [4.69, 9.17) is 5.11 Å². The molecular formula is C13H24N2O3. The molecule has 1 saturated heterocycles. The zero-order valence-corrected chi connectivity index (χ0v) is 11.5. The molecule has 0 aromatic rings. The average molecular weight is 256 g/mol. The number of likely N-dealkylation sites (tertiary alicyclic amines) is 1. The molecule has 1 aliphatic rings. The van der Waals surface area contributed by atoms with Gasteiger partial charge in [0.25, 0.3) is 0 Å². The Morgan fingerprint density at radius 2 is 2.11 bits per heavy atom. The lowest BCUT2D eigenvalue weighted by Crippen LogP contribution is -2.46. The molecule has 2 atom stereocenters. The molecule has 1 fully saturated rings. The fourth-order valence-electron chi connectivity index (χ4n) is 2.34. The lowest BCUT2D eigenvalue weighted by molar-refractivity contribution is -0.142. The molecule has 1 rings (SSSR count). The predicted octanol–water partition coefficient (Wildman–Crippen LogP) is 1.09. The smallest absolute Gasteiger partial charge is 0.326 e. The van der Waals surface area contributed by atoms with Gasteiger partial charge in [-0.15, -0.1) is 0 Å². The van der Waals surface area contributed by atoms with Crippen molar-refractivity contribution in [2.24, 2.45) is 5.92 Å². The largest absolute Gasteiger partial charge is 0.480 e. The molecule has 0 aromatic carbocycles. The van der Waals surface area contributed by atoms with E-state index < -0.39 is 12.0 Å². The first-order chi connectivity index (χ1) is 8.40. The van der Waals surface area contributed by atoms with Crippen LogP contribution in [0.3, 0.4) is 0 Å². The summed E-state index contributed by atoms with van der Waals surface area (Å²) in [5.74, 6) is -0.888. The number of hydrogen-bond donors (Lipinski definition) is 2. The van der Waals surface area contributed by atoms with Gasteiger partial charge in [-0.05, 0) is 38.6 Å². The zero-order valence-electron chi connectivity index (χ0n) is 11.5.